The molecule has 0 radical (unpaired) electrons. The molecule has 0 atom stereocenters. The van der Waals surface area contributed by atoms with Crippen molar-refractivity contribution in [3.8, 4) is 0 Å². The van der Waals surface area contributed by atoms with Crippen LogP contribution >= 0.6 is 0 Å². The monoisotopic (exact) mass is 436 g/mol. The Morgan fingerprint density at radius 3 is 0.733 bits per heavy atom. The average Bonchev–Trinajstić information content (AvgIpc) is 2.74. The minimum Gasteiger partial charge on any atom is -0.384 e. The van der Waals surface area contributed by atoms with E-state index >= 15 is 0 Å². The molecule has 0 fully saturated rings. The summed E-state index contributed by atoms with van der Waals surface area (Å²) in [5, 5.41) is 0. The first-order chi connectivity index (χ1) is 14.4. The number of methoxy groups -OCH3 is 5. The fourth-order valence-electron chi connectivity index (χ4n) is 3.79. The van der Waals surface area contributed by atoms with Crippen molar-refractivity contribution < 1.29 is 33.2 Å². The van der Waals surface area contributed by atoms with Crippen molar-refractivity contribution in [1.82, 2.24) is 0 Å². The van der Waals surface area contributed by atoms with Crippen LogP contribution in [0.1, 0.15) is 40.0 Å². The van der Waals surface area contributed by atoms with Crippen LogP contribution in [0.3, 0.4) is 0 Å². The molecular weight excluding hydrogens is 388 g/mol. The van der Waals surface area contributed by atoms with Gasteiger partial charge >= 0.3 is 0 Å². The van der Waals surface area contributed by atoms with E-state index in [1.165, 1.54) is 0 Å². The summed E-state index contributed by atoms with van der Waals surface area (Å²) in [6.45, 7) is 11.7. The van der Waals surface area contributed by atoms with Crippen LogP contribution in [0.2, 0.25) is 0 Å². The maximum absolute atomic E-state index is 6.24. The van der Waals surface area contributed by atoms with E-state index in [1.54, 1.807) is 35.5 Å². The molecule has 0 saturated heterocycles. The lowest BCUT2D eigenvalue weighted by molar-refractivity contribution is -0.116. The second-order valence-corrected chi connectivity index (χ2v) is 8.71. The lowest BCUT2D eigenvalue weighted by atomic mass is 9.85. The van der Waals surface area contributed by atoms with Crippen molar-refractivity contribution >= 4 is 0 Å². The SMILES string of the molecule is CCC(COC)(COC)COCC(CC)(COC)COCC(CC)(COC)COC. The largest absolute Gasteiger partial charge is 0.384 e. The molecular formula is C23H48O7. The van der Waals surface area contributed by atoms with Gasteiger partial charge in [0.05, 0.1) is 59.5 Å². The smallest absolute Gasteiger partial charge is 0.0566 e. The lowest BCUT2D eigenvalue weighted by Gasteiger charge is -2.37. The highest BCUT2D eigenvalue weighted by Crippen LogP contribution is 2.30. The Morgan fingerprint density at radius 2 is 0.567 bits per heavy atom. The summed E-state index contributed by atoms with van der Waals surface area (Å²) in [5.74, 6) is 0. The van der Waals surface area contributed by atoms with Gasteiger partial charge in [0.15, 0.2) is 0 Å². The zero-order valence-corrected chi connectivity index (χ0v) is 20.8. The van der Waals surface area contributed by atoms with Crippen LogP contribution in [0.25, 0.3) is 0 Å². The van der Waals surface area contributed by atoms with Crippen molar-refractivity contribution in [3.63, 3.8) is 0 Å². The highest BCUT2D eigenvalue weighted by Gasteiger charge is 2.35. The summed E-state index contributed by atoms with van der Waals surface area (Å²) in [6.07, 6.45) is 2.73. The minimum atomic E-state index is -0.214. The Balaban J connectivity index is 5.06. The van der Waals surface area contributed by atoms with Crippen LogP contribution < -0.4 is 0 Å². The molecule has 7 nitrogen and oxygen atoms in total. The molecule has 0 amide bonds. The summed E-state index contributed by atoms with van der Waals surface area (Å²) in [7, 11) is 8.59. The van der Waals surface area contributed by atoms with Crippen LogP contribution in [0.5, 0.6) is 0 Å². The Labute approximate surface area is 185 Å². The summed E-state index contributed by atoms with van der Waals surface area (Å²) >= 11 is 0. The van der Waals surface area contributed by atoms with Gasteiger partial charge in [-0.2, -0.15) is 0 Å². The van der Waals surface area contributed by atoms with Gasteiger partial charge in [-0.3, -0.25) is 0 Å². The predicted octanol–water partition coefficient (Wildman–Crippen LogP) is 3.44. The summed E-state index contributed by atoms with van der Waals surface area (Å²) < 4.78 is 39.8. The molecule has 0 unspecified atom stereocenters. The van der Waals surface area contributed by atoms with Gasteiger partial charge in [0.1, 0.15) is 0 Å². The zero-order chi connectivity index (χ0) is 22.9. The van der Waals surface area contributed by atoms with Crippen LogP contribution in [-0.4, -0.2) is 95.0 Å². The Bertz CT molecular complexity index is 361. The maximum Gasteiger partial charge on any atom is 0.0566 e. The molecule has 0 aliphatic carbocycles. The Morgan fingerprint density at radius 1 is 0.367 bits per heavy atom. The second-order valence-electron chi connectivity index (χ2n) is 8.71. The van der Waals surface area contributed by atoms with Crippen molar-refractivity contribution in [2.24, 2.45) is 16.2 Å². The van der Waals surface area contributed by atoms with Crippen molar-refractivity contribution in [3.05, 3.63) is 0 Å². The first-order valence-electron chi connectivity index (χ1n) is 11.0. The molecule has 7 heteroatoms. The van der Waals surface area contributed by atoms with Gasteiger partial charge in [-0.25, -0.2) is 0 Å². The third kappa shape index (κ3) is 9.90. The highest BCUT2D eigenvalue weighted by molar-refractivity contribution is 4.82. The van der Waals surface area contributed by atoms with Gasteiger partial charge in [0, 0.05) is 51.8 Å². The van der Waals surface area contributed by atoms with E-state index < -0.39 is 0 Å². The number of hydrogen-bond donors (Lipinski definition) is 0. The summed E-state index contributed by atoms with van der Waals surface area (Å²) in [4.78, 5) is 0. The van der Waals surface area contributed by atoms with E-state index in [4.69, 9.17) is 33.2 Å². The van der Waals surface area contributed by atoms with Gasteiger partial charge in [-0.05, 0) is 19.3 Å². The molecule has 0 N–H and O–H groups in total. The summed E-state index contributed by atoms with van der Waals surface area (Å²) in [6, 6.07) is 0. The Hall–Kier alpha value is -0.280. The van der Waals surface area contributed by atoms with Gasteiger partial charge in [-0.15, -0.1) is 0 Å². The van der Waals surface area contributed by atoms with Crippen molar-refractivity contribution in [2.75, 3.05) is 95.0 Å². The van der Waals surface area contributed by atoms with E-state index in [9.17, 15) is 0 Å². The molecule has 30 heavy (non-hydrogen) atoms. The maximum atomic E-state index is 6.24. The van der Waals surface area contributed by atoms with E-state index in [2.05, 4.69) is 20.8 Å². The van der Waals surface area contributed by atoms with Crippen molar-refractivity contribution in [1.29, 1.82) is 0 Å². The number of rotatable bonds is 21. The van der Waals surface area contributed by atoms with Crippen LogP contribution in [0, 0.1) is 16.2 Å². The zero-order valence-electron chi connectivity index (χ0n) is 20.8. The standard InChI is InChI=1S/C23H48O7/c1-9-21(12-24-4,13-25-5)17-29-19-23(11-3,16-28-8)20-30-18-22(10-2,14-26-6)15-27-7/h9-20H2,1-8H3. The molecule has 0 spiro atoms. The van der Waals surface area contributed by atoms with E-state index in [0.29, 0.717) is 59.5 Å². The van der Waals surface area contributed by atoms with Crippen molar-refractivity contribution in [2.45, 2.75) is 40.0 Å². The molecule has 0 aromatic rings. The topological polar surface area (TPSA) is 64.6 Å². The lowest BCUT2D eigenvalue weighted by Crippen LogP contribution is -2.42. The molecule has 0 rings (SSSR count). The third-order valence-electron chi connectivity index (χ3n) is 6.14. The number of hydrogen-bond acceptors (Lipinski definition) is 7. The second kappa shape index (κ2) is 16.4. The van der Waals surface area contributed by atoms with Crippen LogP contribution in [0.4, 0.5) is 0 Å². The molecule has 0 aliphatic heterocycles. The fraction of sp³-hybridized carbons (Fsp3) is 1.00. The van der Waals surface area contributed by atoms with E-state index in [0.717, 1.165) is 19.3 Å². The Kier molecular flexibility index (Phi) is 16.2. The molecule has 0 aromatic heterocycles. The normalized spacial score (nSPS) is 13.2. The predicted molar refractivity (Wildman–Crippen MR) is 119 cm³/mol. The quantitative estimate of drug-likeness (QED) is 0.273. The van der Waals surface area contributed by atoms with Gasteiger partial charge < -0.3 is 33.2 Å². The van der Waals surface area contributed by atoms with Gasteiger partial charge in [-0.1, -0.05) is 20.8 Å². The molecule has 0 aromatic carbocycles. The number of ether oxygens (including phenoxy) is 7. The molecule has 182 valence electrons. The van der Waals surface area contributed by atoms with Crippen LogP contribution in [0.15, 0.2) is 0 Å². The van der Waals surface area contributed by atoms with E-state index in [-0.39, 0.29) is 16.2 Å². The summed E-state index contributed by atoms with van der Waals surface area (Å²) in [5.41, 5.74) is -0.510. The van der Waals surface area contributed by atoms with Gasteiger partial charge in [0.2, 0.25) is 0 Å². The average molecular weight is 437 g/mol. The first kappa shape index (κ1) is 29.7. The minimum absolute atomic E-state index is 0.148. The molecule has 0 heterocycles. The third-order valence-corrected chi connectivity index (χ3v) is 6.14. The van der Waals surface area contributed by atoms with E-state index in [1.807, 2.05) is 0 Å². The van der Waals surface area contributed by atoms with Crippen LogP contribution in [-0.2, 0) is 33.2 Å². The highest BCUT2D eigenvalue weighted by atomic mass is 16.5. The fourth-order valence-corrected chi connectivity index (χ4v) is 3.79. The first-order valence-corrected chi connectivity index (χ1v) is 11.0. The van der Waals surface area contributed by atoms with Gasteiger partial charge in [0.25, 0.3) is 0 Å². The molecule has 0 saturated carbocycles. The molecule has 0 bridgehead atoms. The molecule has 0 aliphatic rings.